The van der Waals surface area contributed by atoms with E-state index < -0.39 is 0 Å². The highest BCUT2D eigenvalue weighted by Crippen LogP contribution is 2.26. The Bertz CT molecular complexity index is 567. The van der Waals surface area contributed by atoms with Crippen LogP contribution >= 0.6 is 0 Å². The largest absolute Gasteiger partial charge is 0.373 e. The van der Waals surface area contributed by atoms with Crippen molar-refractivity contribution in [2.45, 2.75) is 45.3 Å². The van der Waals surface area contributed by atoms with Crippen LogP contribution in [0.5, 0.6) is 0 Å². The van der Waals surface area contributed by atoms with Crippen LogP contribution in [-0.4, -0.2) is 54.8 Å². The third kappa shape index (κ3) is 4.25. The molecule has 0 N–H and O–H groups in total. The van der Waals surface area contributed by atoms with E-state index in [4.69, 9.17) is 4.74 Å². The first kappa shape index (κ1) is 17.2. The van der Waals surface area contributed by atoms with Gasteiger partial charge in [-0.3, -0.25) is 4.90 Å². The SMILES string of the molecule is CC1CN(CCC2CCN(c3ncccc3C#N)CC2)CC(C)O1. The van der Waals surface area contributed by atoms with Crippen molar-refractivity contribution in [1.29, 1.82) is 5.26 Å². The van der Waals surface area contributed by atoms with Crippen molar-refractivity contribution in [3.63, 3.8) is 0 Å². The van der Waals surface area contributed by atoms with Gasteiger partial charge in [-0.05, 0) is 57.7 Å². The fraction of sp³-hybridized carbons (Fsp3) is 0.684. The van der Waals surface area contributed by atoms with Crippen LogP contribution in [0.25, 0.3) is 0 Å². The third-order valence-corrected chi connectivity index (χ3v) is 5.17. The van der Waals surface area contributed by atoms with Gasteiger partial charge in [-0.15, -0.1) is 0 Å². The van der Waals surface area contributed by atoms with E-state index in [1.165, 1.54) is 25.8 Å². The third-order valence-electron chi connectivity index (χ3n) is 5.17. The molecule has 1 aromatic rings. The highest BCUT2D eigenvalue weighted by molar-refractivity contribution is 5.53. The summed E-state index contributed by atoms with van der Waals surface area (Å²) in [7, 11) is 0. The molecule has 2 aliphatic heterocycles. The van der Waals surface area contributed by atoms with E-state index in [-0.39, 0.29) is 0 Å². The van der Waals surface area contributed by atoms with Crippen LogP contribution in [0, 0.1) is 17.2 Å². The number of pyridine rings is 1. The van der Waals surface area contributed by atoms with Crippen LogP contribution in [0.3, 0.4) is 0 Å². The Labute approximate surface area is 145 Å². The van der Waals surface area contributed by atoms with Gasteiger partial charge in [0.15, 0.2) is 0 Å². The molecule has 3 heterocycles. The number of hydrogen-bond acceptors (Lipinski definition) is 5. The lowest BCUT2D eigenvalue weighted by Crippen LogP contribution is -2.46. The molecule has 5 heteroatoms. The first-order valence-corrected chi connectivity index (χ1v) is 9.13. The summed E-state index contributed by atoms with van der Waals surface area (Å²) < 4.78 is 5.81. The summed E-state index contributed by atoms with van der Waals surface area (Å²) in [5.41, 5.74) is 0.687. The van der Waals surface area contributed by atoms with Gasteiger partial charge in [-0.25, -0.2) is 4.98 Å². The van der Waals surface area contributed by atoms with Crippen molar-refractivity contribution in [2.75, 3.05) is 37.6 Å². The molecule has 2 fully saturated rings. The number of aromatic nitrogens is 1. The lowest BCUT2D eigenvalue weighted by atomic mass is 9.93. The minimum absolute atomic E-state index is 0.351. The molecule has 2 atom stereocenters. The summed E-state index contributed by atoms with van der Waals surface area (Å²) in [6.45, 7) is 9.64. The molecule has 0 radical (unpaired) electrons. The quantitative estimate of drug-likeness (QED) is 0.850. The molecule has 0 aromatic carbocycles. The van der Waals surface area contributed by atoms with Crippen LogP contribution in [0.15, 0.2) is 18.3 Å². The summed E-state index contributed by atoms with van der Waals surface area (Å²) in [6.07, 6.45) is 6.13. The molecule has 0 saturated carbocycles. The molecule has 130 valence electrons. The van der Waals surface area contributed by atoms with Crippen LogP contribution in [0.2, 0.25) is 0 Å². The van der Waals surface area contributed by atoms with Crippen LogP contribution in [-0.2, 0) is 4.74 Å². The Morgan fingerprint density at radius 3 is 2.62 bits per heavy atom. The zero-order valence-electron chi connectivity index (χ0n) is 14.8. The van der Waals surface area contributed by atoms with Gasteiger partial charge in [0.25, 0.3) is 0 Å². The summed E-state index contributed by atoms with van der Waals surface area (Å²) in [5, 5.41) is 9.24. The Kier molecular flexibility index (Phi) is 5.70. The number of hydrogen-bond donors (Lipinski definition) is 0. The molecule has 2 unspecified atom stereocenters. The Balaban J connectivity index is 1.46. The molecule has 0 aliphatic carbocycles. The molecular weight excluding hydrogens is 300 g/mol. The second-order valence-corrected chi connectivity index (χ2v) is 7.22. The molecule has 2 saturated heterocycles. The van der Waals surface area contributed by atoms with Gasteiger partial charge in [0.05, 0.1) is 17.8 Å². The van der Waals surface area contributed by atoms with Crippen molar-refractivity contribution in [1.82, 2.24) is 9.88 Å². The maximum absolute atomic E-state index is 9.24. The number of anilines is 1. The van der Waals surface area contributed by atoms with E-state index in [1.54, 1.807) is 6.20 Å². The smallest absolute Gasteiger partial charge is 0.146 e. The summed E-state index contributed by atoms with van der Waals surface area (Å²) in [4.78, 5) is 9.24. The lowest BCUT2D eigenvalue weighted by Gasteiger charge is -2.37. The van der Waals surface area contributed by atoms with E-state index in [0.717, 1.165) is 37.9 Å². The number of morpholine rings is 1. The van der Waals surface area contributed by atoms with E-state index in [0.29, 0.717) is 17.8 Å². The number of ether oxygens (including phenoxy) is 1. The zero-order valence-corrected chi connectivity index (χ0v) is 14.8. The Hall–Kier alpha value is -1.64. The minimum atomic E-state index is 0.351. The highest BCUT2D eigenvalue weighted by Gasteiger charge is 2.25. The Morgan fingerprint density at radius 1 is 1.25 bits per heavy atom. The van der Waals surface area contributed by atoms with Crippen molar-refractivity contribution in [3.8, 4) is 6.07 Å². The maximum atomic E-state index is 9.24. The fourth-order valence-electron chi connectivity index (χ4n) is 4.00. The highest BCUT2D eigenvalue weighted by atomic mass is 16.5. The Morgan fingerprint density at radius 2 is 1.96 bits per heavy atom. The van der Waals surface area contributed by atoms with Gasteiger partial charge in [-0.1, -0.05) is 0 Å². The second-order valence-electron chi connectivity index (χ2n) is 7.22. The van der Waals surface area contributed by atoms with Crippen molar-refractivity contribution in [2.24, 2.45) is 5.92 Å². The van der Waals surface area contributed by atoms with Crippen molar-refractivity contribution >= 4 is 5.82 Å². The van der Waals surface area contributed by atoms with Gasteiger partial charge in [0.2, 0.25) is 0 Å². The predicted molar refractivity (Wildman–Crippen MR) is 95.0 cm³/mol. The second kappa shape index (κ2) is 7.96. The van der Waals surface area contributed by atoms with Crippen LogP contribution in [0.4, 0.5) is 5.82 Å². The first-order valence-electron chi connectivity index (χ1n) is 9.13. The van der Waals surface area contributed by atoms with Crippen LogP contribution in [0.1, 0.15) is 38.7 Å². The van der Waals surface area contributed by atoms with Crippen molar-refractivity contribution in [3.05, 3.63) is 23.9 Å². The molecule has 0 spiro atoms. The summed E-state index contributed by atoms with van der Waals surface area (Å²) in [5.74, 6) is 1.64. The fourth-order valence-corrected chi connectivity index (χ4v) is 4.00. The molecule has 24 heavy (non-hydrogen) atoms. The van der Waals surface area contributed by atoms with Crippen molar-refractivity contribution < 1.29 is 4.74 Å². The molecule has 1 aromatic heterocycles. The number of nitriles is 1. The standard InChI is InChI=1S/C19H28N4O/c1-15-13-22(14-16(2)24-15)9-5-17-6-10-23(11-7-17)19-18(12-20)4-3-8-21-19/h3-4,8,15-17H,5-7,9-11,13-14H2,1-2H3. The van der Waals surface area contributed by atoms with E-state index in [9.17, 15) is 5.26 Å². The molecule has 3 rings (SSSR count). The average Bonchev–Trinajstić information content (AvgIpc) is 2.59. The van der Waals surface area contributed by atoms with Gasteiger partial charge >= 0.3 is 0 Å². The van der Waals surface area contributed by atoms with Gasteiger partial charge in [0.1, 0.15) is 11.9 Å². The molecule has 0 bridgehead atoms. The zero-order chi connectivity index (χ0) is 16.9. The summed E-state index contributed by atoms with van der Waals surface area (Å²) in [6, 6.07) is 5.95. The molecular formula is C19H28N4O. The average molecular weight is 328 g/mol. The molecule has 5 nitrogen and oxygen atoms in total. The van der Waals surface area contributed by atoms with Crippen LogP contribution < -0.4 is 4.90 Å². The molecule has 0 amide bonds. The number of rotatable bonds is 4. The first-order chi connectivity index (χ1) is 11.7. The topological polar surface area (TPSA) is 52.4 Å². The number of nitrogens with zero attached hydrogens (tertiary/aromatic N) is 4. The maximum Gasteiger partial charge on any atom is 0.146 e. The van der Waals surface area contributed by atoms with E-state index in [2.05, 4.69) is 34.7 Å². The van der Waals surface area contributed by atoms with E-state index in [1.807, 2.05) is 12.1 Å². The van der Waals surface area contributed by atoms with Gasteiger partial charge < -0.3 is 9.64 Å². The molecule has 2 aliphatic rings. The lowest BCUT2D eigenvalue weighted by molar-refractivity contribution is -0.0690. The van der Waals surface area contributed by atoms with Gasteiger partial charge in [-0.2, -0.15) is 5.26 Å². The van der Waals surface area contributed by atoms with E-state index >= 15 is 0 Å². The predicted octanol–water partition coefficient (Wildman–Crippen LogP) is 2.67. The summed E-state index contributed by atoms with van der Waals surface area (Å²) >= 11 is 0. The monoisotopic (exact) mass is 328 g/mol. The normalized spacial score (nSPS) is 26.3. The minimum Gasteiger partial charge on any atom is -0.373 e. The number of piperidine rings is 1. The van der Waals surface area contributed by atoms with Gasteiger partial charge in [0, 0.05) is 32.4 Å².